The summed E-state index contributed by atoms with van der Waals surface area (Å²) in [4.78, 5) is 41.8. The Hall–Kier alpha value is -3.49. The molecule has 208 valence electrons. The molecule has 0 aliphatic carbocycles. The normalized spacial score (nSPS) is 17.0. The minimum atomic E-state index is -0.412. The lowest BCUT2D eigenvalue weighted by molar-refractivity contribution is -0.135. The zero-order valence-electron chi connectivity index (χ0n) is 22.7. The molecule has 9 heteroatoms. The third-order valence-corrected chi connectivity index (χ3v) is 8.46. The quantitative estimate of drug-likeness (QED) is 0.290. The molecule has 0 spiro atoms. The molecule has 0 saturated carbocycles. The van der Waals surface area contributed by atoms with Gasteiger partial charge in [-0.3, -0.25) is 19.3 Å². The Morgan fingerprint density at radius 3 is 2.33 bits per heavy atom. The summed E-state index contributed by atoms with van der Waals surface area (Å²) in [6.07, 6.45) is 5.89. The molecule has 5 rings (SSSR count). The number of hydrogen-bond donors (Lipinski definition) is 0. The lowest BCUT2D eigenvalue weighted by Crippen LogP contribution is -2.42. The number of rotatable bonds is 7. The molecule has 1 aromatic heterocycles. The smallest absolute Gasteiger partial charge is 0.294 e. The highest BCUT2D eigenvalue weighted by molar-refractivity contribution is 8.18. The Morgan fingerprint density at radius 2 is 1.65 bits per heavy atom. The Bertz CT molecular complexity index is 1440. The van der Waals surface area contributed by atoms with Gasteiger partial charge in [-0.05, 0) is 98.1 Å². The fourth-order valence-electron chi connectivity index (χ4n) is 5.10. The number of benzene rings is 2. The molecule has 0 radical (unpaired) electrons. The summed E-state index contributed by atoms with van der Waals surface area (Å²) in [7, 11) is 0. The first-order valence-electron chi connectivity index (χ1n) is 13.5. The van der Waals surface area contributed by atoms with Gasteiger partial charge in [0.1, 0.15) is 18.9 Å². The predicted molar refractivity (Wildman–Crippen MR) is 159 cm³/mol. The molecule has 0 atom stereocenters. The molecule has 0 unspecified atom stereocenters. The van der Waals surface area contributed by atoms with E-state index in [9.17, 15) is 14.4 Å². The number of likely N-dealkylation sites (tertiary alicyclic amines) is 1. The second-order valence-corrected chi connectivity index (χ2v) is 11.6. The summed E-state index contributed by atoms with van der Waals surface area (Å²) >= 11 is 6.84. The number of carbonyl (C=O) groups excluding carboxylic acids is 3. The summed E-state index contributed by atoms with van der Waals surface area (Å²) in [6, 6.07) is 17.4. The zero-order valence-corrected chi connectivity index (χ0v) is 24.3. The van der Waals surface area contributed by atoms with Gasteiger partial charge in [0, 0.05) is 35.2 Å². The fourth-order valence-corrected chi connectivity index (χ4v) is 6.06. The summed E-state index contributed by atoms with van der Waals surface area (Å²) in [5.41, 5.74) is 4.79. The van der Waals surface area contributed by atoms with E-state index in [1.165, 1.54) is 0 Å². The molecule has 3 heterocycles. The number of thioether (sulfide) groups is 1. The van der Waals surface area contributed by atoms with E-state index in [4.69, 9.17) is 16.3 Å². The lowest BCUT2D eigenvalue weighted by Gasteiger charge is -2.22. The van der Waals surface area contributed by atoms with Gasteiger partial charge in [0.15, 0.2) is 0 Å². The maximum Gasteiger partial charge on any atom is 0.294 e. The maximum atomic E-state index is 13.1. The van der Waals surface area contributed by atoms with Crippen LogP contribution in [0.2, 0.25) is 5.02 Å². The van der Waals surface area contributed by atoms with E-state index < -0.39 is 11.1 Å². The van der Waals surface area contributed by atoms with Crippen LogP contribution in [0.15, 0.2) is 59.5 Å². The van der Waals surface area contributed by atoms with Crippen molar-refractivity contribution in [1.82, 2.24) is 14.4 Å². The number of halogens is 1. The number of amides is 3. The molecule has 3 aromatic rings. The van der Waals surface area contributed by atoms with Crippen molar-refractivity contribution in [3.63, 3.8) is 0 Å². The molecule has 2 aliphatic heterocycles. The molecule has 2 aromatic carbocycles. The Balaban J connectivity index is 1.27. The zero-order chi connectivity index (χ0) is 28.2. The van der Waals surface area contributed by atoms with Crippen LogP contribution in [0.5, 0.6) is 5.75 Å². The number of aromatic nitrogens is 1. The summed E-state index contributed by atoms with van der Waals surface area (Å²) in [6.45, 7) is 5.60. The van der Waals surface area contributed by atoms with Crippen molar-refractivity contribution in [2.45, 2.75) is 46.1 Å². The fraction of sp³-hybridized carbons (Fsp3) is 0.323. The van der Waals surface area contributed by atoms with Gasteiger partial charge in [0.05, 0.1) is 4.91 Å². The molecule has 0 N–H and O–H groups in total. The van der Waals surface area contributed by atoms with Gasteiger partial charge in [-0.2, -0.15) is 0 Å². The van der Waals surface area contributed by atoms with Gasteiger partial charge in [-0.15, -0.1) is 0 Å². The number of imide groups is 1. The van der Waals surface area contributed by atoms with Gasteiger partial charge in [-0.1, -0.05) is 36.6 Å². The van der Waals surface area contributed by atoms with Crippen LogP contribution < -0.4 is 4.74 Å². The number of carbonyl (C=O) groups is 3. The second-order valence-electron chi connectivity index (χ2n) is 10.1. The van der Waals surface area contributed by atoms with Gasteiger partial charge in [0.25, 0.3) is 11.1 Å². The SMILES string of the molecule is Cc1cc(C=C2SC(=O)N(CC(=O)N3CCCCCC3)C2=O)c(C)n1-c1ccc(OCc2ccc(Cl)cc2)cc1. The van der Waals surface area contributed by atoms with Crippen molar-refractivity contribution in [3.8, 4) is 11.4 Å². The van der Waals surface area contributed by atoms with Crippen molar-refractivity contribution >= 4 is 46.5 Å². The van der Waals surface area contributed by atoms with Crippen molar-refractivity contribution in [2.24, 2.45) is 0 Å². The highest BCUT2D eigenvalue weighted by atomic mass is 35.5. The highest BCUT2D eigenvalue weighted by Crippen LogP contribution is 2.34. The largest absolute Gasteiger partial charge is 0.489 e. The van der Waals surface area contributed by atoms with E-state index in [2.05, 4.69) is 4.57 Å². The standard InChI is InChI=1S/C31H32ClN3O4S/c1-21-17-24(18-28-30(37)34(31(38)40-28)19-29(36)33-15-5-3-4-6-16-33)22(2)35(21)26-11-13-27(14-12-26)39-20-23-7-9-25(32)10-8-23/h7-14,17-18H,3-6,15-16,19-20H2,1-2H3. The lowest BCUT2D eigenvalue weighted by atomic mass is 10.2. The molecule has 7 nitrogen and oxygen atoms in total. The van der Waals surface area contributed by atoms with Crippen LogP contribution in [0.1, 0.15) is 48.2 Å². The van der Waals surface area contributed by atoms with Crippen LogP contribution in [0.4, 0.5) is 4.79 Å². The Kier molecular flexibility index (Phi) is 8.66. The van der Waals surface area contributed by atoms with E-state index in [1.54, 1.807) is 11.0 Å². The van der Waals surface area contributed by atoms with E-state index in [1.807, 2.05) is 68.4 Å². The third kappa shape index (κ3) is 6.29. The Labute approximate surface area is 243 Å². The van der Waals surface area contributed by atoms with E-state index in [-0.39, 0.29) is 12.5 Å². The highest BCUT2D eigenvalue weighted by Gasteiger charge is 2.37. The molecular formula is C31H32ClN3O4S. The van der Waals surface area contributed by atoms with Crippen LogP contribution in [0.25, 0.3) is 11.8 Å². The second kappa shape index (κ2) is 12.4. The molecule has 40 heavy (non-hydrogen) atoms. The van der Waals surface area contributed by atoms with Crippen LogP contribution in [-0.4, -0.2) is 51.1 Å². The first-order valence-corrected chi connectivity index (χ1v) is 14.7. The van der Waals surface area contributed by atoms with Crippen LogP contribution >= 0.6 is 23.4 Å². The minimum Gasteiger partial charge on any atom is -0.489 e. The predicted octanol–water partition coefficient (Wildman–Crippen LogP) is 6.77. The van der Waals surface area contributed by atoms with E-state index in [0.29, 0.717) is 29.6 Å². The average molecular weight is 578 g/mol. The van der Waals surface area contributed by atoms with Crippen molar-refractivity contribution in [1.29, 1.82) is 0 Å². The summed E-state index contributed by atoms with van der Waals surface area (Å²) < 4.78 is 8.01. The first kappa shape index (κ1) is 28.1. The van der Waals surface area contributed by atoms with Crippen LogP contribution in [0.3, 0.4) is 0 Å². The third-order valence-electron chi connectivity index (χ3n) is 7.30. The van der Waals surface area contributed by atoms with Crippen LogP contribution in [-0.2, 0) is 16.2 Å². The molecular weight excluding hydrogens is 546 g/mol. The average Bonchev–Trinajstić information content (AvgIpc) is 3.21. The molecule has 2 fully saturated rings. The number of hydrogen-bond acceptors (Lipinski definition) is 5. The van der Waals surface area contributed by atoms with Crippen molar-refractivity contribution < 1.29 is 19.1 Å². The van der Waals surface area contributed by atoms with Gasteiger partial charge in [0.2, 0.25) is 5.91 Å². The molecule has 2 aliphatic rings. The van der Waals surface area contributed by atoms with Crippen molar-refractivity contribution in [3.05, 3.63) is 87.0 Å². The number of aryl methyl sites for hydroxylation is 1. The maximum absolute atomic E-state index is 13.1. The molecule has 3 amide bonds. The van der Waals surface area contributed by atoms with Gasteiger partial charge < -0.3 is 14.2 Å². The van der Waals surface area contributed by atoms with Crippen molar-refractivity contribution in [2.75, 3.05) is 19.6 Å². The summed E-state index contributed by atoms with van der Waals surface area (Å²) in [5, 5.41) is 0.293. The molecule has 2 saturated heterocycles. The van der Waals surface area contributed by atoms with Crippen LogP contribution in [0, 0.1) is 13.8 Å². The van der Waals surface area contributed by atoms with Gasteiger partial charge in [-0.25, -0.2) is 0 Å². The molecule has 0 bridgehead atoms. The topological polar surface area (TPSA) is 71.9 Å². The minimum absolute atomic E-state index is 0.163. The first-order chi connectivity index (χ1) is 19.3. The summed E-state index contributed by atoms with van der Waals surface area (Å²) in [5.74, 6) is 0.180. The van der Waals surface area contributed by atoms with Gasteiger partial charge >= 0.3 is 0 Å². The monoisotopic (exact) mass is 577 g/mol. The number of nitrogens with zero attached hydrogens (tertiary/aromatic N) is 3. The van der Waals surface area contributed by atoms with E-state index in [0.717, 1.165) is 76.3 Å². The van der Waals surface area contributed by atoms with E-state index >= 15 is 0 Å². The number of ether oxygens (including phenoxy) is 1. The Morgan fingerprint density at radius 1 is 0.975 bits per heavy atom.